The van der Waals surface area contributed by atoms with Gasteiger partial charge >= 0.3 is 0 Å². The highest BCUT2D eigenvalue weighted by molar-refractivity contribution is 5.95. The third-order valence-corrected chi connectivity index (χ3v) is 1.68. The van der Waals surface area contributed by atoms with E-state index in [4.69, 9.17) is 0 Å². The van der Waals surface area contributed by atoms with Gasteiger partial charge in [0.05, 0.1) is 0 Å². The van der Waals surface area contributed by atoms with E-state index in [9.17, 15) is 9.59 Å². The van der Waals surface area contributed by atoms with E-state index in [1.165, 1.54) is 4.90 Å². The molecule has 1 aromatic carbocycles. The maximum absolute atomic E-state index is 11.4. The molecule has 0 aliphatic heterocycles. The molecule has 0 heterocycles. The van der Waals surface area contributed by atoms with Crippen molar-refractivity contribution in [1.82, 2.24) is 4.90 Å². The maximum atomic E-state index is 11.4. The summed E-state index contributed by atoms with van der Waals surface area (Å²) in [6, 6.07) is 6.63. The molecule has 3 heteroatoms. The van der Waals surface area contributed by atoms with Crippen LogP contribution in [0.2, 0.25) is 0 Å². The van der Waals surface area contributed by atoms with Gasteiger partial charge in [0.1, 0.15) is 6.29 Å². The number of aldehydes is 1. The van der Waals surface area contributed by atoms with E-state index >= 15 is 0 Å². The molecule has 13 heavy (non-hydrogen) atoms. The summed E-state index contributed by atoms with van der Waals surface area (Å²) < 4.78 is 0. The van der Waals surface area contributed by atoms with Gasteiger partial charge in [0.25, 0.3) is 5.91 Å². The Labute approximate surface area is 77.0 Å². The molecule has 68 valence electrons. The van der Waals surface area contributed by atoms with Gasteiger partial charge in [-0.05, 0) is 12.1 Å². The largest absolute Gasteiger partial charge is 0.345 e. The quantitative estimate of drug-likeness (QED) is 0.636. The lowest BCUT2D eigenvalue weighted by molar-refractivity contribution is 0.0827. The van der Waals surface area contributed by atoms with Crippen LogP contribution in [0.25, 0.3) is 0 Å². The molecule has 0 unspecified atom stereocenters. The fraction of sp³-hybridized carbons (Fsp3) is 0.200. The van der Waals surface area contributed by atoms with Crippen molar-refractivity contribution in [3.05, 3.63) is 35.4 Å². The van der Waals surface area contributed by atoms with Crippen molar-refractivity contribution in [2.24, 2.45) is 0 Å². The van der Waals surface area contributed by atoms with E-state index in [-0.39, 0.29) is 5.91 Å². The van der Waals surface area contributed by atoms with Crippen LogP contribution in [-0.2, 0) is 0 Å². The average Bonchev–Trinajstić information content (AvgIpc) is 2.16. The standard InChI is InChI=1S/C10H11NO2/c1-11(2)10(13)9-5-3-4-8(6-9)7-12/h3-7H,1-2H3. The molecule has 0 radical (unpaired) electrons. The predicted octanol–water partition coefficient (Wildman–Crippen LogP) is 1.20. The Hall–Kier alpha value is -1.64. The molecular formula is C10H11NO2. The molecule has 0 saturated heterocycles. The van der Waals surface area contributed by atoms with E-state index in [0.29, 0.717) is 11.1 Å². The number of rotatable bonds is 2. The molecule has 1 amide bonds. The van der Waals surface area contributed by atoms with Crippen LogP contribution >= 0.6 is 0 Å². The zero-order valence-electron chi connectivity index (χ0n) is 7.65. The second-order valence-corrected chi connectivity index (χ2v) is 2.94. The summed E-state index contributed by atoms with van der Waals surface area (Å²) in [5.41, 5.74) is 1.06. The molecule has 0 fully saturated rings. The van der Waals surface area contributed by atoms with Crippen molar-refractivity contribution >= 4 is 12.2 Å². The molecule has 0 N–H and O–H groups in total. The van der Waals surface area contributed by atoms with E-state index in [1.807, 2.05) is 0 Å². The van der Waals surface area contributed by atoms with Gasteiger partial charge in [-0.15, -0.1) is 0 Å². The Kier molecular flexibility index (Phi) is 2.80. The zero-order chi connectivity index (χ0) is 9.84. The molecule has 0 spiro atoms. The molecule has 0 aliphatic carbocycles. The van der Waals surface area contributed by atoms with Gasteiger partial charge in [-0.3, -0.25) is 9.59 Å². The van der Waals surface area contributed by atoms with Gasteiger partial charge < -0.3 is 4.90 Å². The highest BCUT2D eigenvalue weighted by Gasteiger charge is 2.07. The Balaban J connectivity index is 3.01. The van der Waals surface area contributed by atoms with Gasteiger partial charge in [0, 0.05) is 25.2 Å². The number of carbonyl (C=O) groups excluding carboxylic acids is 2. The average molecular weight is 177 g/mol. The smallest absolute Gasteiger partial charge is 0.253 e. The second kappa shape index (κ2) is 3.85. The van der Waals surface area contributed by atoms with Crippen LogP contribution in [0.1, 0.15) is 20.7 Å². The number of hydrogen-bond donors (Lipinski definition) is 0. The Bertz CT molecular complexity index is 331. The lowest BCUT2D eigenvalue weighted by Crippen LogP contribution is -2.21. The highest BCUT2D eigenvalue weighted by atomic mass is 16.2. The normalized spacial score (nSPS) is 9.38. The topological polar surface area (TPSA) is 37.4 Å². The Morgan fingerprint density at radius 2 is 2.08 bits per heavy atom. The summed E-state index contributed by atoms with van der Waals surface area (Å²) in [6.07, 6.45) is 0.729. The van der Waals surface area contributed by atoms with Crippen LogP contribution < -0.4 is 0 Å². The summed E-state index contributed by atoms with van der Waals surface area (Å²) >= 11 is 0. The van der Waals surface area contributed by atoms with Crippen LogP contribution in [0, 0.1) is 0 Å². The second-order valence-electron chi connectivity index (χ2n) is 2.94. The first kappa shape index (κ1) is 9.45. The van der Waals surface area contributed by atoms with Crippen molar-refractivity contribution in [1.29, 1.82) is 0 Å². The third-order valence-electron chi connectivity index (χ3n) is 1.68. The van der Waals surface area contributed by atoms with Gasteiger partial charge in [0.2, 0.25) is 0 Å². The summed E-state index contributed by atoms with van der Waals surface area (Å²) in [7, 11) is 3.35. The molecule has 0 aliphatic rings. The van der Waals surface area contributed by atoms with Gasteiger partial charge in [0.15, 0.2) is 0 Å². The Morgan fingerprint density at radius 1 is 1.38 bits per heavy atom. The van der Waals surface area contributed by atoms with Crippen LogP contribution in [0.3, 0.4) is 0 Å². The van der Waals surface area contributed by atoms with Crippen LogP contribution in [0.4, 0.5) is 0 Å². The lowest BCUT2D eigenvalue weighted by Gasteiger charge is -2.09. The van der Waals surface area contributed by atoms with Crippen molar-refractivity contribution in [2.75, 3.05) is 14.1 Å². The van der Waals surface area contributed by atoms with Gasteiger partial charge in [-0.2, -0.15) is 0 Å². The highest BCUT2D eigenvalue weighted by Crippen LogP contribution is 2.05. The van der Waals surface area contributed by atoms with E-state index in [0.717, 1.165) is 6.29 Å². The molecule has 0 atom stereocenters. The first-order valence-electron chi connectivity index (χ1n) is 3.92. The molecule has 3 nitrogen and oxygen atoms in total. The van der Waals surface area contributed by atoms with Crippen molar-refractivity contribution in [3.63, 3.8) is 0 Å². The summed E-state index contributed by atoms with van der Waals surface area (Å²) in [6.45, 7) is 0. The minimum atomic E-state index is -0.0938. The van der Waals surface area contributed by atoms with Crippen LogP contribution in [-0.4, -0.2) is 31.2 Å². The minimum Gasteiger partial charge on any atom is -0.345 e. The van der Waals surface area contributed by atoms with Crippen molar-refractivity contribution in [3.8, 4) is 0 Å². The van der Waals surface area contributed by atoms with Gasteiger partial charge in [-0.1, -0.05) is 12.1 Å². The molecule has 0 saturated carbocycles. The summed E-state index contributed by atoms with van der Waals surface area (Å²) in [5.74, 6) is -0.0938. The summed E-state index contributed by atoms with van der Waals surface area (Å²) in [4.78, 5) is 23.3. The zero-order valence-corrected chi connectivity index (χ0v) is 7.65. The monoisotopic (exact) mass is 177 g/mol. The van der Waals surface area contributed by atoms with Crippen LogP contribution in [0.5, 0.6) is 0 Å². The van der Waals surface area contributed by atoms with Gasteiger partial charge in [-0.25, -0.2) is 0 Å². The number of carbonyl (C=O) groups is 2. The molecule has 1 aromatic rings. The summed E-state index contributed by atoms with van der Waals surface area (Å²) in [5, 5.41) is 0. The lowest BCUT2D eigenvalue weighted by atomic mass is 10.1. The predicted molar refractivity (Wildman–Crippen MR) is 49.8 cm³/mol. The molecule has 0 bridgehead atoms. The van der Waals surface area contributed by atoms with E-state index in [1.54, 1.807) is 38.4 Å². The first-order chi connectivity index (χ1) is 6.15. The van der Waals surface area contributed by atoms with E-state index in [2.05, 4.69) is 0 Å². The fourth-order valence-electron chi connectivity index (χ4n) is 1.00. The molecule has 0 aromatic heterocycles. The number of nitrogens with zero attached hydrogens (tertiary/aromatic N) is 1. The van der Waals surface area contributed by atoms with E-state index < -0.39 is 0 Å². The Morgan fingerprint density at radius 3 is 2.62 bits per heavy atom. The third kappa shape index (κ3) is 2.15. The minimum absolute atomic E-state index is 0.0938. The fourth-order valence-corrected chi connectivity index (χ4v) is 1.00. The SMILES string of the molecule is CN(C)C(=O)c1cccc(C=O)c1. The number of benzene rings is 1. The molecular weight excluding hydrogens is 166 g/mol. The maximum Gasteiger partial charge on any atom is 0.253 e. The van der Waals surface area contributed by atoms with Crippen molar-refractivity contribution in [2.45, 2.75) is 0 Å². The number of hydrogen-bond acceptors (Lipinski definition) is 2. The van der Waals surface area contributed by atoms with Crippen LogP contribution in [0.15, 0.2) is 24.3 Å². The molecule has 1 rings (SSSR count). The van der Waals surface area contributed by atoms with Crippen molar-refractivity contribution < 1.29 is 9.59 Å². The number of amides is 1. The first-order valence-corrected chi connectivity index (χ1v) is 3.92.